The standard InChI is InChI=1S/C34H35F2N7O3/c1-2-24-27(35)8-5-19-14-22(44)15-25(29(19)24)31-30(36)32-26(16-38-31)33(43-17-20-6-7-21(18-43)39-20)41-34(40-32)46-23-9-12-42(13-10-23)11-3-4-28(37)45/h1,5,8,14-16,20-21,23,39,44H,3-4,6-7,9-13,17-18H2,(H2,37,45). The maximum absolute atomic E-state index is 16.7. The van der Waals surface area contributed by atoms with E-state index in [0.717, 1.165) is 45.3 Å². The number of nitrogens with one attached hydrogen (secondary N) is 1. The van der Waals surface area contributed by atoms with Gasteiger partial charge in [0.2, 0.25) is 5.91 Å². The summed E-state index contributed by atoms with van der Waals surface area (Å²) in [6, 6.07) is 6.19. The predicted octanol–water partition coefficient (Wildman–Crippen LogP) is 3.86. The number of primary amides is 1. The Kier molecular flexibility index (Phi) is 8.04. The molecule has 4 N–H and O–H groups in total. The van der Waals surface area contributed by atoms with Gasteiger partial charge in [-0.1, -0.05) is 12.0 Å². The number of benzene rings is 2. The van der Waals surface area contributed by atoms with Gasteiger partial charge in [0, 0.05) is 61.8 Å². The summed E-state index contributed by atoms with van der Waals surface area (Å²) in [5.41, 5.74) is 5.31. The van der Waals surface area contributed by atoms with Crippen LogP contribution in [-0.4, -0.2) is 81.8 Å². The molecule has 2 bridgehead atoms. The zero-order valence-corrected chi connectivity index (χ0v) is 25.3. The van der Waals surface area contributed by atoms with Crippen LogP contribution in [0.2, 0.25) is 0 Å². The maximum atomic E-state index is 16.7. The van der Waals surface area contributed by atoms with Crippen LogP contribution in [0.25, 0.3) is 32.9 Å². The van der Waals surface area contributed by atoms with Crippen molar-refractivity contribution in [2.24, 2.45) is 5.73 Å². The lowest BCUT2D eigenvalue weighted by atomic mass is 9.96. The molecule has 10 nitrogen and oxygen atoms in total. The van der Waals surface area contributed by atoms with Gasteiger partial charge >= 0.3 is 6.01 Å². The minimum Gasteiger partial charge on any atom is -0.508 e. The lowest BCUT2D eigenvalue weighted by Gasteiger charge is -2.35. The van der Waals surface area contributed by atoms with Crippen molar-refractivity contribution in [3.63, 3.8) is 0 Å². The fourth-order valence-electron chi connectivity index (χ4n) is 7.10. The molecule has 0 radical (unpaired) electrons. The molecule has 12 heteroatoms. The Morgan fingerprint density at radius 1 is 1.13 bits per heavy atom. The average molecular weight is 628 g/mol. The Hall–Kier alpha value is -4.60. The number of piperidine rings is 1. The highest BCUT2D eigenvalue weighted by Crippen LogP contribution is 2.39. The van der Waals surface area contributed by atoms with E-state index in [0.29, 0.717) is 54.6 Å². The summed E-state index contributed by atoms with van der Waals surface area (Å²) in [5.74, 6) is 1.12. The normalized spacial score (nSPS) is 20.3. The van der Waals surface area contributed by atoms with Crippen LogP contribution in [0.1, 0.15) is 44.1 Å². The van der Waals surface area contributed by atoms with Crippen LogP contribution >= 0.6 is 0 Å². The van der Waals surface area contributed by atoms with Crippen molar-refractivity contribution in [3.05, 3.63) is 47.7 Å². The summed E-state index contributed by atoms with van der Waals surface area (Å²) < 4.78 is 37.9. The van der Waals surface area contributed by atoms with Gasteiger partial charge in [-0.3, -0.25) is 9.78 Å². The minimum atomic E-state index is -0.743. The van der Waals surface area contributed by atoms with Gasteiger partial charge in [0.05, 0.1) is 10.9 Å². The van der Waals surface area contributed by atoms with Crippen LogP contribution < -0.4 is 20.7 Å². The first kappa shape index (κ1) is 30.1. The molecule has 4 aromatic rings. The number of hydrogen-bond donors (Lipinski definition) is 3. The Morgan fingerprint density at radius 2 is 1.89 bits per heavy atom. The van der Waals surface area contributed by atoms with E-state index in [1.54, 1.807) is 0 Å². The number of nitrogens with two attached hydrogens (primary N) is 1. The van der Waals surface area contributed by atoms with Crippen molar-refractivity contribution in [1.29, 1.82) is 0 Å². The third-order valence-corrected chi connectivity index (χ3v) is 9.31. The number of nitrogens with zero attached hydrogens (tertiary/aromatic N) is 5. The monoisotopic (exact) mass is 627 g/mol. The Labute approximate surface area is 265 Å². The predicted molar refractivity (Wildman–Crippen MR) is 170 cm³/mol. The van der Waals surface area contributed by atoms with E-state index in [1.165, 1.54) is 30.5 Å². The highest BCUT2D eigenvalue weighted by molar-refractivity contribution is 6.03. The zero-order chi connectivity index (χ0) is 31.9. The number of phenolic OH excluding ortho intramolecular Hbond substituents is 1. The lowest BCUT2D eigenvalue weighted by Crippen LogP contribution is -2.51. The number of carbonyl (C=O) groups is 1. The van der Waals surface area contributed by atoms with Gasteiger partial charge in [0.15, 0.2) is 5.82 Å². The first-order valence-electron chi connectivity index (χ1n) is 15.7. The number of aromatic hydroxyl groups is 1. The molecule has 0 saturated carbocycles. The molecule has 3 aliphatic rings. The maximum Gasteiger partial charge on any atom is 0.319 e. The van der Waals surface area contributed by atoms with Crippen LogP contribution in [-0.2, 0) is 4.79 Å². The van der Waals surface area contributed by atoms with Gasteiger partial charge in [-0.05, 0) is 62.2 Å². The first-order valence-corrected chi connectivity index (χ1v) is 15.7. The molecule has 1 amide bonds. The van der Waals surface area contributed by atoms with E-state index >= 15 is 4.39 Å². The quantitative estimate of drug-likeness (QED) is 0.250. The molecule has 2 unspecified atom stereocenters. The smallest absolute Gasteiger partial charge is 0.319 e. The van der Waals surface area contributed by atoms with Gasteiger partial charge in [-0.15, -0.1) is 6.42 Å². The molecule has 0 aliphatic carbocycles. The van der Waals surface area contributed by atoms with Crippen LogP contribution in [0.4, 0.5) is 14.6 Å². The molecular formula is C34H35F2N7O3. The minimum absolute atomic E-state index is 0.0231. The second-order valence-electron chi connectivity index (χ2n) is 12.4. The van der Waals surface area contributed by atoms with E-state index in [-0.39, 0.29) is 51.5 Å². The molecular weight excluding hydrogens is 592 g/mol. The summed E-state index contributed by atoms with van der Waals surface area (Å²) in [6.45, 7) is 3.76. The topological polar surface area (TPSA) is 130 Å². The number of pyridine rings is 1. The molecule has 3 fully saturated rings. The molecule has 238 valence electrons. The summed E-state index contributed by atoms with van der Waals surface area (Å²) in [5, 5.41) is 15.3. The summed E-state index contributed by atoms with van der Waals surface area (Å²) in [6.07, 6.45) is 11.7. The highest BCUT2D eigenvalue weighted by Gasteiger charge is 2.34. The molecule has 3 saturated heterocycles. The van der Waals surface area contributed by atoms with Crippen molar-refractivity contribution < 1.29 is 23.4 Å². The van der Waals surface area contributed by atoms with Crippen LogP contribution in [0, 0.1) is 24.0 Å². The van der Waals surface area contributed by atoms with E-state index < -0.39 is 11.6 Å². The SMILES string of the molecule is C#Cc1c(F)ccc2cc(O)cc(-c3ncc4c(N5CC6CCC(C5)N6)nc(OC5CCN(CCCC(N)=O)CC5)nc4c3F)c12. The summed E-state index contributed by atoms with van der Waals surface area (Å²) >= 11 is 0. The number of piperazine rings is 1. The Balaban J connectivity index is 1.28. The third kappa shape index (κ3) is 5.76. The Morgan fingerprint density at radius 3 is 2.61 bits per heavy atom. The number of anilines is 1. The molecule has 2 aromatic heterocycles. The van der Waals surface area contributed by atoms with Crippen LogP contribution in [0.15, 0.2) is 30.5 Å². The number of rotatable bonds is 8. The number of fused-ring (bicyclic) bond motifs is 4. The molecule has 3 aliphatic heterocycles. The number of aromatic nitrogens is 3. The second-order valence-corrected chi connectivity index (χ2v) is 12.4. The number of ether oxygens (including phenoxy) is 1. The number of amides is 1. The Bertz CT molecular complexity index is 1860. The zero-order valence-electron chi connectivity index (χ0n) is 25.3. The number of likely N-dealkylation sites (tertiary alicyclic amines) is 1. The van der Waals surface area contributed by atoms with Crippen molar-refractivity contribution in [3.8, 4) is 35.4 Å². The van der Waals surface area contributed by atoms with E-state index in [9.17, 15) is 14.3 Å². The van der Waals surface area contributed by atoms with E-state index in [1.807, 2.05) is 0 Å². The van der Waals surface area contributed by atoms with Crippen molar-refractivity contribution in [2.75, 3.05) is 37.6 Å². The lowest BCUT2D eigenvalue weighted by molar-refractivity contribution is -0.118. The number of halogens is 2. The highest BCUT2D eigenvalue weighted by atomic mass is 19.1. The molecule has 2 atom stereocenters. The fraction of sp³-hybridized carbons (Fsp3) is 0.412. The first-order chi connectivity index (χ1) is 22.3. The van der Waals surface area contributed by atoms with Crippen molar-refractivity contribution in [2.45, 2.75) is 56.7 Å². The largest absolute Gasteiger partial charge is 0.508 e. The number of carbonyl (C=O) groups excluding carboxylic acids is 1. The third-order valence-electron chi connectivity index (χ3n) is 9.31. The average Bonchev–Trinajstić information content (AvgIpc) is 3.38. The van der Waals surface area contributed by atoms with Gasteiger partial charge in [-0.25, -0.2) is 8.78 Å². The number of terminal acetylenes is 1. The van der Waals surface area contributed by atoms with Gasteiger partial charge in [-0.2, -0.15) is 9.97 Å². The van der Waals surface area contributed by atoms with Gasteiger partial charge < -0.3 is 30.7 Å². The number of hydrogen-bond acceptors (Lipinski definition) is 9. The number of phenols is 1. The summed E-state index contributed by atoms with van der Waals surface area (Å²) in [4.78, 5) is 29.4. The van der Waals surface area contributed by atoms with Crippen LogP contribution in [0.3, 0.4) is 0 Å². The van der Waals surface area contributed by atoms with E-state index in [4.69, 9.17) is 21.9 Å². The molecule has 46 heavy (non-hydrogen) atoms. The van der Waals surface area contributed by atoms with E-state index in [2.05, 4.69) is 31.0 Å². The molecule has 2 aromatic carbocycles. The van der Waals surface area contributed by atoms with Gasteiger partial charge in [0.1, 0.15) is 34.7 Å². The van der Waals surface area contributed by atoms with Crippen molar-refractivity contribution in [1.82, 2.24) is 25.2 Å². The van der Waals surface area contributed by atoms with Crippen LogP contribution in [0.5, 0.6) is 11.8 Å². The fourth-order valence-corrected chi connectivity index (χ4v) is 7.10. The van der Waals surface area contributed by atoms with Crippen molar-refractivity contribution >= 4 is 33.4 Å². The molecule has 7 rings (SSSR count). The second kappa shape index (κ2) is 12.3. The summed E-state index contributed by atoms with van der Waals surface area (Å²) in [7, 11) is 0. The van der Waals surface area contributed by atoms with Gasteiger partial charge in [0.25, 0.3) is 0 Å². The molecule has 0 spiro atoms. The molecule has 5 heterocycles.